The smallest absolute Gasteiger partial charge is 0.220 e. The molecule has 2 aliphatic rings. The van der Waals surface area contributed by atoms with Crippen LogP contribution in [-0.2, 0) is 23.7 Å². The summed E-state index contributed by atoms with van der Waals surface area (Å²) in [7, 11) is 0. The third-order valence-electron chi connectivity index (χ3n) is 12.3. The molecule has 2 heterocycles. The van der Waals surface area contributed by atoms with Gasteiger partial charge >= 0.3 is 0 Å². The van der Waals surface area contributed by atoms with E-state index in [9.17, 15) is 45.6 Å². The van der Waals surface area contributed by atoms with Crippen molar-refractivity contribution in [2.45, 2.75) is 248 Å². The molecule has 2 fully saturated rings. The number of hydrogen-bond donors (Lipinski definition) is 9. The first-order valence-electron chi connectivity index (χ1n) is 25.4. The van der Waals surface area contributed by atoms with Crippen LogP contribution in [0.15, 0.2) is 48.6 Å². The van der Waals surface area contributed by atoms with Crippen molar-refractivity contribution >= 4 is 5.91 Å². The summed E-state index contributed by atoms with van der Waals surface area (Å²) in [6.45, 7) is 2.70. The molecule has 65 heavy (non-hydrogen) atoms. The Morgan fingerprint density at radius 1 is 0.569 bits per heavy atom. The molecule has 2 saturated heterocycles. The predicted octanol–water partition coefficient (Wildman–Crippen LogP) is 6.49. The summed E-state index contributed by atoms with van der Waals surface area (Å²) in [4.78, 5) is 13.2. The number of nitrogens with one attached hydrogen (secondary N) is 1. The number of aliphatic hydroxyl groups excluding tert-OH is 8. The molecule has 1 amide bonds. The standard InChI is InChI=1S/C51H91NO13/c1-3-5-7-9-11-13-15-17-18-19-20-21-22-23-25-27-29-31-33-35-43(56)52-39(40(55)34-32-30-28-26-24-16-14-12-10-8-6-4-2)38-62-50-48(61)46(59)49(42(37-54)64-50)65-51-47(60)45(58)44(57)41(36-53)63-51/h5,7,11,13,17-18,20-21,39-42,44-51,53-55,57-61H,3-4,6,8-10,12,14-16,19,22-38H2,1-2H3,(H,52,56)/b7-5-,13-11-,18-17-,21-20-. The van der Waals surface area contributed by atoms with E-state index in [2.05, 4.69) is 67.8 Å². The number of carbonyl (C=O) groups excluding carboxylic acids is 1. The van der Waals surface area contributed by atoms with E-state index in [1.54, 1.807) is 0 Å². The second-order valence-corrected chi connectivity index (χ2v) is 17.9. The second-order valence-electron chi connectivity index (χ2n) is 17.9. The number of carbonyl (C=O) groups is 1. The number of allylic oxidation sites excluding steroid dienone is 8. The van der Waals surface area contributed by atoms with Gasteiger partial charge in [0.25, 0.3) is 0 Å². The van der Waals surface area contributed by atoms with E-state index >= 15 is 0 Å². The van der Waals surface area contributed by atoms with Crippen LogP contribution in [0, 0.1) is 0 Å². The van der Waals surface area contributed by atoms with E-state index < -0.39 is 86.8 Å². The van der Waals surface area contributed by atoms with Crippen molar-refractivity contribution < 1.29 is 64.6 Å². The molecule has 0 radical (unpaired) electrons. The van der Waals surface area contributed by atoms with E-state index in [1.807, 2.05) is 0 Å². The minimum absolute atomic E-state index is 0.224. The maximum absolute atomic E-state index is 13.2. The largest absolute Gasteiger partial charge is 0.394 e. The highest BCUT2D eigenvalue weighted by atomic mass is 16.7. The third kappa shape index (κ3) is 25.2. The van der Waals surface area contributed by atoms with Gasteiger partial charge in [-0.1, -0.05) is 165 Å². The zero-order valence-electron chi connectivity index (χ0n) is 40.0. The van der Waals surface area contributed by atoms with Crippen molar-refractivity contribution in [3.63, 3.8) is 0 Å². The van der Waals surface area contributed by atoms with Gasteiger partial charge in [0.2, 0.25) is 5.91 Å². The zero-order chi connectivity index (χ0) is 47.5. The predicted molar refractivity (Wildman–Crippen MR) is 254 cm³/mol. The summed E-state index contributed by atoms with van der Waals surface area (Å²) < 4.78 is 22.7. The van der Waals surface area contributed by atoms with E-state index in [0.29, 0.717) is 12.8 Å². The molecule has 2 aliphatic heterocycles. The molecule has 0 saturated carbocycles. The van der Waals surface area contributed by atoms with Crippen LogP contribution in [0.2, 0.25) is 0 Å². The van der Waals surface area contributed by atoms with Gasteiger partial charge in [-0.05, 0) is 51.4 Å². The van der Waals surface area contributed by atoms with Crippen molar-refractivity contribution in [3.8, 4) is 0 Å². The fourth-order valence-corrected chi connectivity index (χ4v) is 8.17. The second kappa shape index (κ2) is 37.9. The van der Waals surface area contributed by atoms with E-state index in [1.165, 1.54) is 51.4 Å². The molecule has 9 N–H and O–H groups in total. The van der Waals surface area contributed by atoms with Crippen molar-refractivity contribution in [1.29, 1.82) is 0 Å². The quantitative estimate of drug-likeness (QED) is 0.0239. The van der Waals surface area contributed by atoms with Gasteiger partial charge in [0, 0.05) is 6.42 Å². The van der Waals surface area contributed by atoms with Gasteiger partial charge in [-0.3, -0.25) is 4.79 Å². The fraction of sp³-hybridized carbons (Fsp3) is 0.824. The minimum Gasteiger partial charge on any atom is -0.394 e. The lowest BCUT2D eigenvalue weighted by atomic mass is 9.97. The summed E-state index contributed by atoms with van der Waals surface area (Å²) in [5.41, 5.74) is 0. The Kier molecular flexibility index (Phi) is 34.4. The number of amides is 1. The Morgan fingerprint density at radius 2 is 1.06 bits per heavy atom. The lowest BCUT2D eigenvalue weighted by Crippen LogP contribution is -2.65. The average Bonchev–Trinajstić information content (AvgIpc) is 3.30. The molecule has 0 aliphatic carbocycles. The highest BCUT2D eigenvalue weighted by Crippen LogP contribution is 2.30. The molecule has 0 aromatic rings. The molecule has 14 nitrogen and oxygen atoms in total. The van der Waals surface area contributed by atoms with Gasteiger partial charge < -0.3 is 65.1 Å². The molecular formula is C51H91NO13. The summed E-state index contributed by atoms with van der Waals surface area (Å²) in [6.07, 6.45) is 26.8. The summed E-state index contributed by atoms with van der Waals surface area (Å²) in [5, 5.41) is 86.8. The van der Waals surface area contributed by atoms with Crippen molar-refractivity contribution in [1.82, 2.24) is 5.32 Å². The first-order valence-corrected chi connectivity index (χ1v) is 25.4. The van der Waals surface area contributed by atoms with Gasteiger partial charge in [-0.25, -0.2) is 0 Å². The van der Waals surface area contributed by atoms with Crippen molar-refractivity contribution in [2.24, 2.45) is 0 Å². The van der Waals surface area contributed by atoms with Crippen LogP contribution >= 0.6 is 0 Å². The van der Waals surface area contributed by atoms with Crippen LogP contribution in [0.3, 0.4) is 0 Å². The molecule has 12 unspecified atom stereocenters. The van der Waals surface area contributed by atoms with E-state index in [0.717, 1.165) is 89.9 Å². The molecule has 14 heteroatoms. The SMILES string of the molecule is CC/C=C\C/C=C\C/C=C\C/C=C\CCCCCCCCC(=O)NC(COC1OC(CO)C(OC2OC(CO)C(O)C(O)C2O)C(O)C1O)C(O)CCCCCCCCCCCCCC. The van der Waals surface area contributed by atoms with Crippen LogP contribution in [0.25, 0.3) is 0 Å². The molecule has 2 rings (SSSR count). The highest BCUT2D eigenvalue weighted by molar-refractivity contribution is 5.76. The monoisotopic (exact) mass is 926 g/mol. The maximum Gasteiger partial charge on any atom is 0.220 e. The van der Waals surface area contributed by atoms with Crippen LogP contribution in [0.4, 0.5) is 0 Å². The minimum atomic E-state index is -1.78. The maximum atomic E-state index is 13.2. The molecule has 0 aromatic carbocycles. The Hall–Kier alpha value is -2.05. The average molecular weight is 926 g/mol. The topological polar surface area (TPSA) is 228 Å². The fourth-order valence-electron chi connectivity index (χ4n) is 8.17. The van der Waals surface area contributed by atoms with E-state index in [-0.39, 0.29) is 18.9 Å². The van der Waals surface area contributed by atoms with Crippen LogP contribution in [0.1, 0.15) is 174 Å². The third-order valence-corrected chi connectivity index (χ3v) is 12.3. The van der Waals surface area contributed by atoms with Gasteiger partial charge in [-0.2, -0.15) is 0 Å². The highest BCUT2D eigenvalue weighted by Gasteiger charge is 2.51. The van der Waals surface area contributed by atoms with Gasteiger partial charge in [0.05, 0.1) is 32.0 Å². The molecule has 0 spiro atoms. The number of hydrogen-bond acceptors (Lipinski definition) is 13. The Balaban J connectivity index is 1.83. The molecular weight excluding hydrogens is 835 g/mol. The van der Waals surface area contributed by atoms with Gasteiger partial charge in [0.1, 0.15) is 48.8 Å². The number of unbranched alkanes of at least 4 members (excludes halogenated alkanes) is 17. The number of rotatable bonds is 38. The Morgan fingerprint density at radius 3 is 1.63 bits per heavy atom. The van der Waals surface area contributed by atoms with E-state index in [4.69, 9.17) is 18.9 Å². The number of aliphatic hydroxyl groups is 8. The summed E-state index contributed by atoms with van der Waals surface area (Å²) in [5.74, 6) is -0.224. The van der Waals surface area contributed by atoms with Crippen LogP contribution in [0.5, 0.6) is 0 Å². The van der Waals surface area contributed by atoms with Crippen molar-refractivity contribution in [3.05, 3.63) is 48.6 Å². The van der Waals surface area contributed by atoms with Crippen LogP contribution in [-0.4, -0.2) is 140 Å². The normalized spacial score (nSPS) is 27.4. The first kappa shape index (κ1) is 59.1. The Bertz CT molecular complexity index is 1280. The first-order chi connectivity index (χ1) is 31.6. The molecule has 0 aromatic heterocycles. The molecule has 378 valence electrons. The van der Waals surface area contributed by atoms with Crippen LogP contribution < -0.4 is 5.32 Å². The lowest BCUT2D eigenvalue weighted by molar-refractivity contribution is -0.359. The van der Waals surface area contributed by atoms with Crippen molar-refractivity contribution in [2.75, 3.05) is 19.8 Å². The number of ether oxygens (including phenoxy) is 4. The lowest BCUT2D eigenvalue weighted by Gasteiger charge is -2.46. The zero-order valence-corrected chi connectivity index (χ0v) is 40.0. The van der Waals surface area contributed by atoms with Gasteiger partial charge in [-0.15, -0.1) is 0 Å². The Labute approximate surface area is 391 Å². The summed E-state index contributed by atoms with van der Waals surface area (Å²) >= 11 is 0. The molecule has 0 bridgehead atoms. The summed E-state index contributed by atoms with van der Waals surface area (Å²) in [6, 6.07) is -0.836. The molecule has 12 atom stereocenters. The van der Waals surface area contributed by atoms with Gasteiger partial charge in [0.15, 0.2) is 12.6 Å².